The molecule has 4 amide bonds. The Balaban J connectivity index is 1.68. The monoisotopic (exact) mass is 483 g/mol. The second-order valence-corrected chi connectivity index (χ2v) is 8.93. The molecule has 0 unspecified atom stereocenters. The number of nitrogens with one attached hydrogen (secondary N) is 1. The molecule has 0 saturated carbocycles. The van der Waals surface area contributed by atoms with Gasteiger partial charge < -0.3 is 10.2 Å². The standard InChI is InChI=1S/C26H30ClN3O4/c1-4-17(2)28-24(32)18(3)30(16-19-10-5-8-13-22(19)27)23(31)14-9-15-29-25(33)20-11-6-7-12-21(20)26(29)34/h5-8,10-13,17-18H,4,9,14-16H2,1-3H3,(H,28,32)/t17-,18+/m1/s1. The molecular weight excluding hydrogens is 454 g/mol. The van der Waals surface area contributed by atoms with Crippen LogP contribution in [0.2, 0.25) is 5.02 Å². The third kappa shape index (κ3) is 5.65. The molecule has 1 aliphatic rings. The molecule has 34 heavy (non-hydrogen) atoms. The molecule has 0 aliphatic carbocycles. The molecule has 2 atom stereocenters. The van der Waals surface area contributed by atoms with Crippen molar-refractivity contribution in [2.75, 3.05) is 6.54 Å². The Kier molecular flexibility index (Phi) is 8.45. The van der Waals surface area contributed by atoms with E-state index >= 15 is 0 Å². The number of fused-ring (bicyclic) bond motifs is 1. The molecule has 1 aliphatic heterocycles. The number of hydrogen-bond donors (Lipinski definition) is 1. The van der Waals surface area contributed by atoms with E-state index in [1.165, 1.54) is 9.80 Å². The van der Waals surface area contributed by atoms with E-state index in [-0.39, 0.29) is 49.2 Å². The molecule has 3 rings (SSSR count). The first kappa shape index (κ1) is 25.4. The van der Waals surface area contributed by atoms with Crippen molar-refractivity contribution >= 4 is 35.2 Å². The van der Waals surface area contributed by atoms with E-state index in [4.69, 9.17) is 11.6 Å². The topological polar surface area (TPSA) is 86.8 Å². The minimum atomic E-state index is -0.711. The van der Waals surface area contributed by atoms with Gasteiger partial charge in [-0.3, -0.25) is 24.1 Å². The van der Waals surface area contributed by atoms with E-state index in [9.17, 15) is 19.2 Å². The second-order valence-electron chi connectivity index (χ2n) is 8.52. The molecule has 2 aromatic carbocycles. The summed E-state index contributed by atoms with van der Waals surface area (Å²) in [6.07, 6.45) is 1.15. The Labute approximate surface area is 205 Å². The van der Waals surface area contributed by atoms with Gasteiger partial charge >= 0.3 is 0 Å². The highest BCUT2D eigenvalue weighted by atomic mass is 35.5. The summed E-state index contributed by atoms with van der Waals surface area (Å²) < 4.78 is 0. The van der Waals surface area contributed by atoms with Crippen molar-refractivity contribution in [1.82, 2.24) is 15.1 Å². The summed E-state index contributed by atoms with van der Waals surface area (Å²) in [6, 6.07) is 13.2. The number of amides is 4. The second kappa shape index (κ2) is 11.3. The van der Waals surface area contributed by atoms with Crippen molar-refractivity contribution in [2.45, 2.75) is 58.7 Å². The van der Waals surface area contributed by atoms with E-state index in [0.29, 0.717) is 22.6 Å². The smallest absolute Gasteiger partial charge is 0.261 e. The summed E-state index contributed by atoms with van der Waals surface area (Å²) in [5.41, 5.74) is 1.50. The SMILES string of the molecule is CC[C@@H](C)NC(=O)[C@H](C)N(Cc1ccccc1Cl)C(=O)CCCN1C(=O)c2ccccc2C1=O. The van der Waals surface area contributed by atoms with Crippen LogP contribution in [-0.2, 0) is 16.1 Å². The van der Waals surface area contributed by atoms with Gasteiger partial charge in [-0.05, 0) is 50.5 Å². The predicted octanol–water partition coefficient (Wildman–Crippen LogP) is 4.05. The maximum Gasteiger partial charge on any atom is 0.261 e. The van der Waals surface area contributed by atoms with Crippen LogP contribution in [0.15, 0.2) is 48.5 Å². The van der Waals surface area contributed by atoms with E-state index in [2.05, 4.69) is 5.32 Å². The lowest BCUT2D eigenvalue weighted by Gasteiger charge is -2.30. The number of carbonyl (C=O) groups excluding carboxylic acids is 4. The van der Waals surface area contributed by atoms with Crippen molar-refractivity contribution < 1.29 is 19.2 Å². The van der Waals surface area contributed by atoms with Crippen LogP contribution in [0.25, 0.3) is 0 Å². The largest absolute Gasteiger partial charge is 0.352 e. The molecule has 0 spiro atoms. The summed E-state index contributed by atoms with van der Waals surface area (Å²) in [7, 11) is 0. The Morgan fingerprint density at radius 3 is 2.18 bits per heavy atom. The van der Waals surface area contributed by atoms with Gasteiger partial charge in [0, 0.05) is 30.6 Å². The van der Waals surface area contributed by atoms with Gasteiger partial charge in [-0.2, -0.15) is 0 Å². The van der Waals surface area contributed by atoms with Gasteiger partial charge in [-0.15, -0.1) is 0 Å². The zero-order valence-electron chi connectivity index (χ0n) is 19.7. The molecule has 8 heteroatoms. The van der Waals surface area contributed by atoms with Crippen molar-refractivity contribution in [3.8, 4) is 0 Å². The van der Waals surface area contributed by atoms with Crippen LogP contribution in [0.3, 0.4) is 0 Å². The van der Waals surface area contributed by atoms with Crippen molar-refractivity contribution in [3.05, 3.63) is 70.2 Å². The minimum absolute atomic E-state index is 0.0129. The van der Waals surface area contributed by atoms with Gasteiger partial charge in [0.15, 0.2) is 0 Å². The van der Waals surface area contributed by atoms with E-state index < -0.39 is 6.04 Å². The van der Waals surface area contributed by atoms with Crippen molar-refractivity contribution in [1.29, 1.82) is 0 Å². The van der Waals surface area contributed by atoms with E-state index in [0.717, 1.165) is 12.0 Å². The normalized spacial score (nSPS) is 14.5. The highest BCUT2D eigenvalue weighted by molar-refractivity contribution is 6.31. The Bertz CT molecular complexity index is 1050. The summed E-state index contributed by atoms with van der Waals surface area (Å²) in [6.45, 7) is 5.89. The first-order valence-electron chi connectivity index (χ1n) is 11.5. The van der Waals surface area contributed by atoms with Crippen LogP contribution >= 0.6 is 11.6 Å². The summed E-state index contributed by atoms with van der Waals surface area (Å²) in [5, 5.41) is 3.44. The zero-order valence-corrected chi connectivity index (χ0v) is 20.5. The number of rotatable bonds is 10. The van der Waals surface area contributed by atoms with Crippen LogP contribution in [0.1, 0.15) is 66.3 Å². The third-order valence-electron chi connectivity index (χ3n) is 6.12. The molecule has 0 radical (unpaired) electrons. The van der Waals surface area contributed by atoms with Gasteiger partial charge in [-0.1, -0.05) is 48.9 Å². The minimum Gasteiger partial charge on any atom is -0.352 e. The van der Waals surface area contributed by atoms with Crippen LogP contribution in [0.4, 0.5) is 0 Å². The summed E-state index contributed by atoms with van der Waals surface area (Å²) >= 11 is 6.31. The number of halogens is 1. The van der Waals surface area contributed by atoms with Gasteiger partial charge in [0.05, 0.1) is 11.1 Å². The number of nitrogens with zero attached hydrogens (tertiary/aromatic N) is 2. The van der Waals surface area contributed by atoms with Gasteiger partial charge in [-0.25, -0.2) is 0 Å². The first-order valence-corrected chi connectivity index (χ1v) is 11.9. The number of benzene rings is 2. The molecule has 1 N–H and O–H groups in total. The Morgan fingerprint density at radius 2 is 1.59 bits per heavy atom. The summed E-state index contributed by atoms with van der Waals surface area (Å²) in [5.74, 6) is -1.18. The molecular formula is C26H30ClN3O4. The van der Waals surface area contributed by atoms with Gasteiger partial charge in [0.25, 0.3) is 11.8 Å². The number of carbonyl (C=O) groups is 4. The average Bonchev–Trinajstić information content (AvgIpc) is 3.07. The summed E-state index contributed by atoms with van der Waals surface area (Å²) in [4.78, 5) is 53.8. The van der Waals surface area contributed by atoms with E-state index in [1.54, 1.807) is 43.3 Å². The molecule has 0 saturated heterocycles. The van der Waals surface area contributed by atoms with E-state index in [1.807, 2.05) is 26.0 Å². The van der Waals surface area contributed by atoms with Crippen LogP contribution in [-0.4, -0.2) is 52.1 Å². The van der Waals surface area contributed by atoms with Crippen LogP contribution in [0.5, 0.6) is 0 Å². The lowest BCUT2D eigenvalue weighted by molar-refractivity contribution is -0.141. The lowest BCUT2D eigenvalue weighted by Crippen LogP contribution is -2.49. The fraction of sp³-hybridized carbons (Fsp3) is 0.385. The fourth-order valence-electron chi connectivity index (χ4n) is 3.83. The average molecular weight is 484 g/mol. The third-order valence-corrected chi connectivity index (χ3v) is 6.49. The highest BCUT2D eigenvalue weighted by Crippen LogP contribution is 2.23. The highest BCUT2D eigenvalue weighted by Gasteiger charge is 2.35. The molecule has 7 nitrogen and oxygen atoms in total. The maximum atomic E-state index is 13.2. The van der Waals surface area contributed by atoms with Gasteiger partial charge in [0.1, 0.15) is 6.04 Å². The first-order chi connectivity index (χ1) is 16.2. The Morgan fingerprint density at radius 1 is 1.00 bits per heavy atom. The van der Waals surface area contributed by atoms with Crippen LogP contribution in [0, 0.1) is 0 Å². The number of imide groups is 1. The fourth-order valence-corrected chi connectivity index (χ4v) is 4.03. The zero-order chi connectivity index (χ0) is 24.8. The Hall–Kier alpha value is -3.19. The molecule has 0 bridgehead atoms. The molecule has 0 aromatic heterocycles. The quantitative estimate of drug-likeness (QED) is 0.516. The molecule has 180 valence electrons. The van der Waals surface area contributed by atoms with Crippen molar-refractivity contribution in [2.24, 2.45) is 0 Å². The molecule has 2 aromatic rings. The number of hydrogen-bond acceptors (Lipinski definition) is 4. The van der Waals surface area contributed by atoms with Gasteiger partial charge in [0.2, 0.25) is 11.8 Å². The molecule has 1 heterocycles. The lowest BCUT2D eigenvalue weighted by atomic mass is 10.1. The maximum absolute atomic E-state index is 13.2. The van der Waals surface area contributed by atoms with Crippen LogP contribution < -0.4 is 5.32 Å². The predicted molar refractivity (Wildman–Crippen MR) is 130 cm³/mol. The van der Waals surface area contributed by atoms with Crippen molar-refractivity contribution in [3.63, 3.8) is 0 Å². The molecule has 0 fully saturated rings.